The predicted molar refractivity (Wildman–Crippen MR) is 118 cm³/mol. The minimum atomic E-state index is -0.663. The van der Waals surface area contributed by atoms with Crippen molar-refractivity contribution in [3.8, 4) is 17.2 Å². The van der Waals surface area contributed by atoms with Crippen LogP contribution < -0.4 is 14.2 Å². The van der Waals surface area contributed by atoms with E-state index in [1.54, 1.807) is 12.1 Å². The standard InChI is InChI=1S/C24H19ClO7/c1-10-6-11-8-15(30-3)18-19(16(11)23(31-4)20(10)25)21(26)13-7-12(24(28)32-5)9-14(29-2)17(13)22(18)27/h6-9H,1-5H3. The Balaban J connectivity index is 2.17. The first-order chi connectivity index (χ1) is 15.3. The fourth-order valence-corrected chi connectivity index (χ4v) is 4.34. The summed E-state index contributed by atoms with van der Waals surface area (Å²) in [4.78, 5) is 39.6. The molecular weight excluding hydrogens is 436 g/mol. The van der Waals surface area contributed by atoms with Gasteiger partial charge in [-0.2, -0.15) is 0 Å². The van der Waals surface area contributed by atoms with Crippen molar-refractivity contribution >= 4 is 39.9 Å². The number of esters is 1. The highest BCUT2D eigenvalue weighted by molar-refractivity contribution is 6.38. The fraction of sp³-hybridized carbons (Fsp3) is 0.208. The van der Waals surface area contributed by atoms with Gasteiger partial charge in [0, 0.05) is 16.5 Å². The highest BCUT2D eigenvalue weighted by Crippen LogP contribution is 2.46. The number of benzene rings is 3. The molecule has 164 valence electrons. The second kappa shape index (κ2) is 7.84. The third-order valence-corrected chi connectivity index (χ3v) is 6.03. The van der Waals surface area contributed by atoms with Crippen LogP contribution in [-0.2, 0) is 4.74 Å². The number of aryl methyl sites for hydroxylation is 1. The van der Waals surface area contributed by atoms with Crippen LogP contribution in [0, 0.1) is 6.92 Å². The number of methoxy groups -OCH3 is 4. The minimum absolute atomic E-state index is 0.0237. The molecule has 8 heteroatoms. The number of rotatable bonds is 4. The lowest BCUT2D eigenvalue weighted by Crippen LogP contribution is -2.24. The van der Waals surface area contributed by atoms with Crippen molar-refractivity contribution in [3.63, 3.8) is 0 Å². The van der Waals surface area contributed by atoms with Crippen molar-refractivity contribution in [1.82, 2.24) is 0 Å². The van der Waals surface area contributed by atoms with E-state index < -0.39 is 17.5 Å². The molecule has 32 heavy (non-hydrogen) atoms. The molecule has 0 atom stereocenters. The molecule has 0 N–H and O–H groups in total. The molecule has 0 heterocycles. The number of ether oxygens (including phenoxy) is 4. The van der Waals surface area contributed by atoms with Crippen molar-refractivity contribution in [2.75, 3.05) is 28.4 Å². The molecule has 0 aliphatic heterocycles. The Morgan fingerprint density at radius 1 is 0.812 bits per heavy atom. The molecule has 1 aliphatic rings. The number of halogens is 1. The van der Waals surface area contributed by atoms with Gasteiger partial charge in [0.05, 0.1) is 50.2 Å². The van der Waals surface area contributed by atoms with Crippen LogP contribution in [0.3, 0.4) is 0 Å². The van der Waals surface area contributed by atoms with Crippen molar-refractivity contribution in [2.45, 2.75) is 6.92 Å². The molecule has 3 aromatic carbocycles. The predicted octanol–water partition coefficient (Wildman–Crippen LogP) is 4.39. The van der Waals surface area contributed by atoms with Gasteiger partial charge in [0.15, 0.2) is 5.78 Å². The van der Waals surface area contributed by atoms with E-state index in [-0.39, 0.29) is 45.1 Å². The monoisotopic (exact) mass is 454 g/mol. The van der Waals surface area contributed by atoms with Crippen LogP contribution in [0.15, 0.2) is 24.3 Å². The normalized spacial score (nSPS) is 12.3. The van der Waals surface area contributed by atoms with Crippen LogP contribution in [-0.4, -0.2) is 46.0 Å². The number of carbonyl (C=O) groups is 3. The number of hydrogen-bond acceptors (Lipinski definition) is 7. The van der Waals surface area contributed by atoms with E-state index in [1.807, 2.05) is 6.92 Å². The van der Waals surface area contributed by atoms with Gasteiger partial charge in [-0.3, -0.25) is 9.59 Å². The second-order valence-electron chi connectivity index (χ2n) is 7.22. The Hall–Kier alpha value is -3.58. The van der Waals surface area contributed by atoms with Gasteiger partial charge in [-0.05, 0) is 42.1 Å². The number of ketones is 2. The van der Waals surface area contributed by atoms with Gasteiger partial charge in [-0.25, -0.2) is 4.79 Å². The van der Waals surface area contributed by atoms with E-state index in [1.165, 1.54) is 40.6 Å². The van der Waals surface area contributed by atoms with E-state index >= 15 is 0 Å². The summed E-state index contributed by atoms with van der Waals surface area (Å²) < 4.78 is 21.2. The van der Waals surface area contributed by atoms with Gasteiger partial charge >= 0.3 is 5.97 Å². The Bertz CT molecular complexity index is 1340. The molecule has 0 fully saturated rings. The minimum Gasteiger partial charge on any atom is -0.496 e. The largest absolute Gasteiger partial charge is 0.496 e. The van der Waals surface area contributed by atoms with E-state index in [9.17, 15) is 14.4 Å². The fourth-order valence-electron chi connectivity index (χ4n) is 4.11. The maximum atomic E-state index is 13.8. The molecule has 0 radical (unpaired) electrons. The van der Waals surface area contributed by atoms with Crippen LogP contribution in [0.2, 0.25) is 5.02 Å². The van der Waals surface area contributed by atoms with Crippen LogP contribution >= 0.6 is 11.6 Å². The maximum absolute atomic E-state index is 13.8. The summed E-state index contributed by atoms with van der Waals surface area (Å²) in [5.74, 6) is -1.02. The van der Waals surface area contributed by atoms with Crippen LogP contribution in [0.25, 0.3) is 10.8 Å². The first-order valence-electron chi connectivity index (χ1n) is 9.56. The van der Waals surface area contributed by atoms with Crippen molar-refractivity contribution in [3.05, 3.63) is 62.7 Å². The van der Waals surface area contributed by atoms with Gasteiger partial charge in [-0.1, -0.05) is 11.6 Å². The van der Waals surface area contributed by atoms with Crippen LogP contribution in [0.4, 0.5) is 0 Å². The van der Waals surface area contributed by atoms with E-state index in [2.05, 4.69) is 0 Å². The zero-order chi connectivity index (χ0) is 23.3. The number of carbonyl (C=O) groups excluding carboxylic acids is 3. The molecule has 0 amide bonds. The zero-order valence-corrected chi connectivity index (χ0v) is 18.8. The third-order valence-electron chi connectivity index (χ3n) is 5.56. The van der Waals surface area contributed by atoms with Gasteiger partial charge in [0.25, 0.3) is 0 Å². The summed E-state index contributed by atoms with van der Waals surface area (Å²) in [6, 6.07) is 6.17. The van der Waals surface area contributed by atoms with Crippen LogP contribution in [0.5, 0.6) is 17.2 Å². The SMILES string of the molecule is COC(=O)c1cc(OC)c2c(c1)C(=O)c1c(c(OC)cc3cc(C)c(Cl)c(OC)c13)C2=O. The molecule has 7 nitrogen and oxygen atoms in total. The lowest BCUT2D eigenvalue weighted by Gasteiger charge is -2.24. The lowest BCUT2D eigenvalue weighted by atomic mass is 9.79. The van der Waals surface area contributed by atoms with Crippen molar-refractivity contribution in [2.24, 2.45) is 0 Å². The zero-order valence-electron chi connectivity index (χ0n) is 18.0. The quantitative estimate of drug-likeness (QED) is 0.422. The average Bonchev–Trinajstić information content (AvgIpc) is 2.80. The van der Waals surface area contributed by atoms with E-state index in [0.717, 1.165) is 5.56 Å². The molecule has 0 spiro atoms. The number of fused-ring (bicyclic) bond motifs is 4. The summed E-state index contributed by atoms with van der Waals surface area (Å²) in [7, 11) is 5.45. The highest BCUT2D eigenvalue weighted by Gasteiger charge is 2.38. The van der Waals surface area contributed by atoms with E-state index in [0.29, 0.717) is 15.8 Å². The Labute approximate surface area is 188 Å². The Morgan fingerprint density at radius 3 is 2.06 bits per heavy atom. The molecule has 4 rings (SSSR count). The van der Waals surface area contributed by atoms with E-state index in [4.69, 9.17) is 30.5 Å². The third kappa shape index (κ3) is 2.92. The first-order valence-corrected chi connectivity index (χ1v) is 9.94. The van der Waals surface area contributed by atoms with Gasteiger partial charge < -0.3 is 18.9 Å². The van der Waals surface area contributed by atoms with Gasteiger partial charge in [-0.15, -0.1) is 0 Å². The Morgan fingerprint density at radius 2 is 1.47 bits per heavy atom. The molecule has 0 bridgehead atoms. The summed E-state index contributed by atoms with van der Waals surface area (Å²) in [6.45, 7) is 1.81. The molecular formula is C24H19ClO7. The summed E-state index contributed by atoms with van der Waals surface area (Å²) >= 11 is 6.47. The summed E-state index contributed by atoms with van der Waals surface area (Å²) in [5.41, 5.74) is 1.07. The lowest BCUT2D eigenvalue weighted by molar-refractivity contribution is 0.0600. The van der Waals surface area contributed by atoms with Crippen LogP contribution in [0.1, 0.15) is 47.8 Å². The first kappa shape index (κ1) is 21.6. The maximum Gasteiger partial charge on any atom is 0.338 e. The number of hydrogen-bond donors (Lipinski definition) is 0. The highest BCUT2D eigenvalue weighted by atomic mass is 35.5. The molecule has 3 aromatic rings. The topological polar surface area (TPSA) is 88.1 Å². The average molecular weight is 455 g/mol. The molecule has 0 aromatic heterocycles. The summed E-state index contributed by atoms with van der Waals surface area (Å²) in [6.07, 6.45) is 0. The molecule has 0 saturated heterocycles. The van der Waals surface area contributed by atoms with Crippen molar-refractivity contribution in [1.29, 1.82) is 0 Å². The molecule has 1 aliphatic carbocycles. The van der Waals surface area contributed by atoms with Gasteiger partial charge in [0.2, 0.25) is 5.78 Å². The smallest absolute Gasteiger partial charge is 0.338 e. The summed E-state index contributed by atoms with van der Waals surface area (Å²) in [5, 5.41) is 1.35. The van der Waals surface area contributed by atoms with Gasteiger partial charge in [0.1, 0.15) is 17.2 Å². The Kier molecular flexibility index (Phi) is 5.30. The second-order valence-corrected chi connectivity index (χ2v) is 7.60. The van der Waals surface area contributed by atoms with Crippen molar-refractivity contribution < 1.29 is 33.3 Å². The molecule has 0 saturated carbocycles. The molecule has 0 unspecified atom stereocenters.